The van der Waals surface area contributed by atoms with Gasteiger partial charge in [0.25, 0.3) is 0 Å². The quantitative estimate of drug-likeness (QED) is 0.0771. The maximum Gasteiger partial charge on any atom is 0.500 e. The molecule has 14 nitrogen and oxygen atoms in total. The van der Waals surface area contributed by atoms with E-state index in [-0.39, 0.29) is 39.5 Å². The molecule has 0 bridgehead atoms. The highest BCUT2D eigenvalue weighted by Gasteiger charge is 2.37. The van der Waals surface area contributed by atoms with Crippen LogP contribution in [0.25, 0.3) is 0 Å². The summed E-state index contributed by atoms with van der Waals surface area (Å²) in [6.45, 7) is 3.74. The van der Waals surface area contributed by atoms with Gasteiger partial charge >= 0.3 is 16.6 Å². The van der Waals surface area contributed by atoms with Crippen LogP contribution in [0, 0.1) is 11.3 Å². The Labute approximate surface area is 221 Å². The number of rotatable bonds is 29. The highest BCUT2D eigenvalue weighted by molar-refractivity contribution is 7.48. The second-order valence-electron chi connectivity index (χ2n) is 7.04. The van der Waals surface area contributed by atoms with E-state index in [0.717, 1.165) is 0 Å². The number of nitrogens with zero attached hydrogens (tertiary/aromatic N) is 1. The minimum Gasteiger partial charge on any atom is -0.394 e. The van der Waals surface area contributed by atoms with Crippen molar-refractivity contribution in [2.45, 2.75) is 18.9 Å². The molecule has 0 aromatic carbocycles. The third-order valence-corrected chi connectivity index (χ3v) is 8.80. The molecule has 1 unspecified atom stereocenters. The molecular weight excluding hydrogens is 533 g/mol. The van der Waals surface area contributed by atoms with E-state index in [1.165, 1.54) is 21.3 Å². The van der Waals surface area contributed by atoms with Gasteiger partial charge in [0.2, 0.25) is 0 Å². The van der Waals surface area contributed by atoms with E-state index < -0.39 is 16.6 Å². The highest BCUT2D eigenvalue weighted by atomic mass is 31.2. The molecule has 0 amide bonds. The lowest BCUT2D eigenvalue weighted by molar-refractivity contribution is -0.0156. The second kappa shape index (κ2) is 25.7. The Morgan fingerprint density at radius 1 is 0.649 bits per heavy atom. The lowest BCUT2D eigenvalue weighted by Crippen LogP contribution is -2.42. The number of phosphoric acid groups is 1. The second-order valence-corrected chi connectivity index (χ2v) is 11.8. The van der Waals surface area contributed by atoms with Gasteiger partial charge in [0.1, 0.15) is 0 Å². The molecule has 0 rings (SSSR count). The predicted molar refractivity (Wildman–Crippen MR) is 133 cm³/mol. The van der Waals surface area contributed by atoms with Crippen LogP contribution in [-0.4, -0.2) is 128 Å². The molecular formula is C21H44NO13PSi. The fraction of sp³-hybridized carbons (Fsp3) is 0.952. The zero-order valence-corrected chi connectivity index (χ0v) is 24.2. The minimum absolute atomic E-state index is 0.00163. The molecule has 0 heterocycles. The monoisotopic (exact) mass is 577 g/mol. The standard InChI is InChI=1S/C21H44NO13PSi/c1-25-37(26-2,27-3)21-5-9-34-36(24,33-8-4-6-22)35-20-19-32-18-17-31-16-15-30-14-13-29-12-11-28-10-7-23/h23H,4-5,7-21H2,1-3H3. The molecule has 1 atom stereocenters. The molecule has 0 fully saturated rings. The molecule has 0 aliphatic heterocycles. The van der Waals surface area contributed by atoms with Crippen molar-refractivity contribution in [3.63, 3.8) is 0 Å². The fourth-order valence-electron chi connectivity index (χ4n) is 2.59. The summed E-state index contributed by atoms with van der Waals surface area (Å²) in [4.78, 5) is 0. The Morgan fingerprint density at radius 3 is 1.49 bits per heavy atom. The SMILES string of the molecule is CO[Si](CCCOP(=O)(OCCC#N)OCCOCCOCCOCCOCCOCCO)(OC)OC. The van der Waals surface area contributed by atoms with Gasteiger partial charge in [0.15, 0.2) is 0 Å². The largest absolute Gasteiger partial charge is 0.500 e. The molecule has 0 aliphatic carbocycles. The number of hydrogen-bond acceptors (Lipinski definition) is 14. The van der Waals surface area contributed by atoms with Gasteiger partial charge in [0.05, 0.1) is 105 Å². The van der Waals surface area contributed by atoms with Crippen LogP contribution in [0.15, 0.2) is 0 Å². The Hall–Kier alpha value is -0.543. The van der Waals surface area contributed by atoms with Crippen molar-refractivity contribution in [1.82, 2.24) is 0 Å². The van der Waals surface area contributed by atoms with Crippen molar-refractivity contribution < 1.29 is 60.2 Å². The number of nitriles is 1. The van der Waals surface area contributed by atoms with Crippen LogP contribution in [0.1, 0.15) is 12.8 Å². The Balaban J connectivity index is 3.88. The molecule has 220 valence electrons. The Bertz CT molecular complexity index is 587. The summed E-state index contributed by atoms with van der Waals surface area (Å²) in [5.41, 5.74) is 0. The van der Waals surface area contributed by atoms with Gasteiger partial charge < -0.3 is 42.1 Å². The number of phosphoric ester groups is 1. The van der Waals surface area contributed by atoms with Gasteiger partial charge in [-0.1, -0.05) is 0 Å². The van der Waals surface area contributed by atoms with Gasteiger partial charge in [-0.3, -0.25) is 13.6 Å². The molecule has 0 aliphatic rings. The molecule has 37 heavy (non-hydrogen) atoms. The predicted octanol–water partition coefficient (Wildman–Crippen LogP) is 1.40. The van der Waals surface area contributed by atoms with Crippen LogP contribution in [0.4, 0.5) is 0 Å². The fourth-order valence-corrected chi connectivity index (χ4v) is 5.47. The van der Waals surface area contributed by atoms with Crippen molar-refractivity contribution in [3.05, 3.63) is 0 Å². The Kier molecular flexibility index (Phi) is 25.3. The average molecular weight is 578 g/mol. The Morgan fingerprint density at radius 2 is 1.05 bits per heavy atom. The van der Waals surface area contributed by atoms with Crippen molar-refractivity contribution in [2.75, 3.05) is 114 Å². The topological polar surface area (TPSA) is 163 Å². The van der Waals surface area contributed by atoms with Crippen molar-refractivity contribution in [1.29, 1.82) is 5.26 Å². The molecule has 1 N–H and O–H groups in total. The molecule has 0 aromatic rings. The molecule has 0 saturated carbocycles. The normalized spacial score (nSPS) is 13.5. The van der Waals surface area contributed by atoms with E-state index >= 15 is 0 Å². The molecule has 0 aromatic heterocycles. The summed E-state index contributed by atoms with van der Waals surface area (Å²) in [6.07, 6.45) is 0.496. The van der Waals surface area contributed by atoms with Crippen LogP contribution in [0.2, 0.25) is 6.04 Å². The van der Waals surface area contributed by atoms with Crippen LogP contribution >= 0.6 is 7.82 Å². The van der Waals surface area contributed by atoms with Crippen LogP contribution in [0.5, 0.6) is 0 Å². The van der Waals surface area contributed by atoms with Crippen molar-refractivity contribution in [2.24, 2.45) is 0 Å². The molecule has 16 heteroatoms. The van der Waals surface area contributed by atoms with E-state index in [2.05, 4.69) is 0 Å². The lowest BCUT2D eigenvalue weighted by Gasteiger charge is -2.24. The summed E-state index contributed by atoms with van der Waals surface area (Å²) >= 11 is 0. The number of aliphatic hydroxyl groups excluding tert-OH is 1. The van der Waals surface area contributed by atoms with Crippen LogP contribution in [0.3, 0.4) is 0 Å². The minimum atomic E-state index is -3.86. The zero-order chi connectivity index (χ0) is 27.5. The highest BCUT2D eigenvalue weighted by Crippen LogP contribution is 2.49. The smallest absolute Gasteiger partial charge is 0.394 e. The summed E-state index contributed by atoms with van der Waals surface area (Å²) in [6, 6.07) is 2.37. The first kappa shape index (κ1) is 36.5. The zero-order valence-electron chi connectivity index (χ0n) is 22.3. The van der Waals surface area contributed by atoms with E-state index in [1.54, 1.807) is 0 Å². The first-order valence-corrected chi connectivity index (χ1v) is 15.5. The van der Waals surface area contributed by atoms with Crippen LogP contribution < -0.4 is 0 Å². The summed E-state index contributed by atoms with van der Waals surface area (Å²) in [5, 5.41) is 17.3. The van der Waals surface area contributed by atoms with E-state index in [1.807, 2.05) is 6.07 Å². The maximum atomic E-state index is 12.8. The lowest BCUT2D eigenvalue weighted by atomic mass is 10.5. The van der Waals surface area contributed by atoms with Gasteiger partial charge in [0, 0.05) is 27.4 Å². The van der Waals surface area contributed by atoms with Gasteiger partial charge in [-0.05, 0) is 6.42 Å². The average Bonchev–Trinajstić information content (AvgIpc) is 2.91. The third-order valence-electron chi connectivity index (χ3n) is 4.47. The number of ether oxygens (including phenoxy) is 5. The van der Waals surface area contributed by atoms with Crippen LogP contribution in [-0.2, 0) is 55.1 Å². The summed E-state index contributed by atoms with van der Waals surface area (Å²) < 4.78 is 71.2. The maximum absolute atomic E-state index is 12.8. The van der Waals surface area contributed by atoms with Crippen molar-refractivity contribution in [3.8, 4) is 6.07 Å². The summed E-state index contributed by atoms with van der Waals surface area (Å²) in [5.74, 6) is 0. The number of aliphatic hydroxyl groups is 1. The number of hydrogen-bond donors (Lipinski definition) is 1. The molecule has 0 spiro atoms. The first-order chi connectivity index (χ1) is 18.0. The van der Waals surface area contributed by atoms with E-state index in [9.17, 15) is 4.57 Å². The summed E-state index contributed by atoms with van der Waals surface area (Å²) in [7, 11) is -2.09. The van der Waals surface area contributed by atoms with E-state index in [0.29, 0.717) is 71.9 Å². The first-order valence-electron chi connectivity index (χ1n) is 12.1. The van der Waals surface area contributed by atoms with Crippen molar-refractivity contribution >= 4 is 16.6 Å². The molecule has 0 radical (unpaired) electrons. The van der Waals surface area contributed by atoms with Gasteiger partial charge in [-0.15, -0.1) is 0 Å². The molecule has 0 saturated heterocycles. The third kappa shape index (κ3) is 21.0. The van der Waals surface area contributed by atoms with Gasteiger partial charge in [-0.2, -0.15) is 5.26 Å². The van der Waals surface area contributed by atoms with Gasteiger partial charge in [-0.25, -0.2) is 4.57 Å². The van der Waals surface area contributed by atoms with E-state index in [4.69, 9.17) is 60.9 Å².